The molecule has 2 rings (SSSR count). The Morgan fingerprint density at radius 1 is 1.37 bits per heavy atom. The summed E-state index contributed by atoms with van der Waals surface area (Å²) >= 11 is 1.25. The summed E-state index contributed by atoms with van der Waals surface area (Å²) in [5, 5.41) is 20.5. The van der Waals surface area contributed by atoms with E-state index < -0.39 is 0 Å². The molecule has 19 heavy (non-hydrogen) atoms. The van der Waals surface area contributed by atoms with E-state index in [9.17, 15) is 0 Å². The Balaban J connectivity index is 2.45. The van der Waals surface area contributed by atoms with Crippen molar-refractivity contribution in [1.29, 1.82) is 5.26 Å². The summed E-state index contributed by atoms with van der Waals surface area (Å²) in [6.45, 7) is 0. The lowest BCUT2D eigenvalue weighted by molar-refractivity contribution is 0.399. The predicted octanol–water partition coefficient (Wildman–Crippen LogP) is 1.30. The van der Waals surface area contributed by atoms with Gasteiger partial charge in [-0.1, -0.05) is 11.8 Å². The van der Waals surface area contributed by atoms with E-state index in [0.717, 1.165) is 0 Å². The molecule has 0 amide bonds. The molecule has 8 heteroatoms. The first-order valence-electron chi connectivity index (χ1n) is 5.30. The number of benzene rings is 1. The number of hydrogen-bond donors (Lipinski definition) is 0. The van der Waals surface area contributed by atoms with Gasteiger partial charge in [0.25, 0.3) is 0 Å². The molecular formula is C11H11N5O2S. The number of ether oxygens (including phenoxy) is 2. The van der Waals surface area contributed by atoms with Crippen LogP contribution in [0.15, 0.2) is 23.4 Å². The van der Waals surface area contributed by atoms with Crippen molar-refractivity contribution in [3.05, 3.63) is 18.2 Å². The van der Waals surface area contributed by atoms with Crippen LogP contribution in [0.2, 0.25) is 0 Å². The summed E-state index contributed by atoms with van der Waals surface area (Å²) < 4.78 is 12.0. The van der Waals surface area contributed by atoms with Gasteiger partial charge in [0.05, 0.1) is 26.0 Å². The van der Waals surface area contributed by atoms with Crippen molar-refractivity contribution in [2.24, 2.45) is 0 Å². The van der Waals surface area contributed by atoms with Gasteiger partial charge in [-0.15, -0.1) is 5.10 Å². The van der Waals surface area contributed by atoms with E-state index in [4.69, 9.17) is 14.7 Å². The van der Waals surface area contributed by atoms with Crippen molar-refractivity contribution in [2.75, 3.05) is 20.0 Å². The number of hydrogen-bond acceptors (Lipinski definition) is 7. The third kappa shape index (κ3) is 2.77. The van der Waals surface area contributed by atoms with Gasteiger partial charge in [-0.2, -0.15) is 9.94 Å². The van der Waals surface area contributed by atoms with Crippen LogP contribution in [0, 0.1) is 11.3 Å². The molecule has 1 aromatic carbocycles. The first-order chi connectivity index (χ1) is 9.30. The number of thioether (sulfide) groups is 1. The molecule has 0 saturated heterocycles. The minimum atomic E-state index is 0.270. The van der Waals surface area contributed by atoms with Crippen LogP contribution in [-0.2, 0) is 0 Å². The maximum Gasteiger partial charge on any atom is 0.215 e. The first-order valence-corrected chi connectivity index (χ1v) is 6.29. The van der Waals surface area contributed by atoms with Gasteiger partial charge in [0, 0.05) is 6.07 Å². The molecule has 0 aliphatic rings. The molecule has 0 atom stereocenters. The Morgan fingerprint density at radius 2 is 2.21 bits per heavy atom. The molecule has 1 aromatic heterocycles. The van der Waals surface area contributed by atoms with Gasteiger partial charge >= 0.3 is 0 Å². The van der Waals surface area contributed by atoms with E-state index in [1.54, 1.807) is 32.4 Å². The highest BCUT2D eigenvalue weighted by Gasteiger charge is 2.14. The summed E-state index contributed by atoms with van der Waals surface area (Å²) in [5.74, 6) is 1.56. The number of aromatic nitrogens is 4. The third-order valence-electron chi connectivity index (χ3n) is 2.32. The minimum absolute atomic E-state index is 0.270. The largest absolute Gasteiger partial charge is 0.497 e. The second kappa shape index (κ2) is 6.06. The molecule has 0 spiro atoms. The van der Waals surface area contributed by atoms with Crippen LogP contribution in [0.1, 0.15) is 0 Å². The zero-order valence-corrected chi connectivity index (χ0v) is 11.2. The Labute approximate surface area is 114 Å². The number of nitriles is 1. The molecule has 0 N–H and O–H groups in total. The van der Waals surface area contributed by atoms with Gasteiger partial charge in [-0.3, -0.25) is 0 Å². The minimum Gasteiger partial charge on any atom is -0.497 e. The summed E-state index contributed by atoms with van der Waals surface area (Å²) in [4.78, 5) is 0. The fraction of sp³-hybridized carbons (Fsp3) is 0.273. The van der Waals surface area contributed by atoms with E-state index in [1.807, 2.05) is 6.07 Å². The molecular weight excluding hydrogens is 266 g/mol. The van der Waals surface area contributed by atoms with Gasteiger partial charge in [0.1, 0.15) is 17.2 Å². The number of tetrazole rings is 1. The van der Waals surface area contributed by atoms with E-state index in [1.165, 1.54) is 16.4 Å². The zero-order chi connectivity index (χ0) is 13.7. The van der Waals surface area contributed by atoms with Crippen LogP contribution in [0.4, 0.5) is 0 Å². The molecule has 7 nitrogen and oxygen atoms in total. The van der Waals surface area contributed by atoms with Gasteiger partial charge in [0.2, 0.25) is 5.16 Å². The molecule has 1 heterocycles. The predicted molar refractivity (Wildman–Crippen MR) is 68.6 cm³/mol. The van der Waals surface area contributed by atoms with Crippen LogP contribution in [-0.4, -0.2) is 40.2 Å². The quantitative estimate of drug-likeness (QED) is 0.761. The Bertz CT molecular complexity index is 607. The average molecular weight is 277 g/mol. The summed E-state index contributed by atoms with van der Waals surface area (Å²) in [5.41, 5.74) is 0.660. The number of methoxy groups -OCH3 is 2. The van der Waals surface area contributed by atoms with E-state index in [0.29, 0.717) is 22.3 Å². The van der Waals surface area contributed by atoms with E-state index in [-0.39, 0.29) is 5.75 Å². The average Bonchev–Trinajstić information content (AvgIpc) is 2.92. The van der Waals surface area contributed by atoms with Crippen molar-refractivity contribution in [3.8, 4) is 23.3 Å². The molecule has 0 unspecified atom stereocenters. The number of rotatable bonds is 5. The Morgan fingerprint density at radius 3 is 2.89 bits per heavy atom. The van der Waals surface area contributed by atoms with E-state index >= 15 is 0 Å². The summed E-state index contributed by atoms with van der Waals surface area (Å²) in [7, 11) is 3.15. The maximum atomic E-state index is 8.62. The fourth-order valence-electron chi connectivity index (χ4n) is 1.48. The monoisotopic (exact) mass is 277 g/mol. The van der Waals surface area contributed by atoms with Gasteiger partial charge in [-0.25, -0.2) is 0 Å². The lowest BCUT2D eigenvalue weighted by atomic mass is 10.3. The van der Waals surface area contributed by atoms with Crippen molar-refractivity contribution in [1.82, 2.24) is 20.2 Å². The second-order valence-corrected chi connectivity index (χ2v) is 4.30. The molecule has 2 aromatic rings. The second-order valence-electron chi connectivity index (χ2n) is 3.36. The van der Waals surface area contributed by atoms with Crippen LogP contribution < -0.4 is 9.47 Å². The molecule has 0 saturated carbocycles. The van der Waals surface area contributed by atoms with Gasteiger partial charge in [-0.05, 0) is 22.6 Å². The number of nitrogens with zero attached hydrogens (tertiary/aromatic N) is 5. The molecule has 0 aliphatic carbocycles. The molecule has 0 radical (unpaired) electrons. The summed E-state index contributed by atoms with van der Waals surface area (Å²) in [6, 6.07) is 7.36. The third-order valence-corrected chi connectivity index (χ3v) is 3.11. The molecule has 0 aliphatic heterocycles. The highest BCUT2D eigenvalue weighted by Crippen LogP contribution is 2.29. The van der Waals surface area contributed by atoms with E-state index in [2.05, 4.69) is 15.5 Å². The lowest BCUT2D eigenvalue weighted by Crippen LogP contribution is -2.02. The summed E-state index contributed by atoms with van der Waals surface area (Å²) in [6.07, 6.45) is 0. The zero-order valence-electron chi connectivity index (χ0n) is 10.4. The van der Waals surface area contributed by atoms with Crippen LogP contribution in [0.3, 0.4) is 0 Å². The van der Waals surface area contributed by atoms with Crippen LogP contribution >= 0.6 is 11.8 Å². The molecule has 0 fully saturated rings. The lowest BCUT2D eigenvalue weighted by Gasteiger charge is -2.10. The molecule has 0 bridgehead atoms. The van der Waals surface area contributed by atoms with Crippen molar-refractivity contribution in [3.63, 3.8) is 0 Å². The van der Waals surface area contributed by atoms with Crippen molar-refractivity contribution >= 4 is 11.8 Å². The Hall–Kier alpha value is -2.27. The Kier molecular flexibility index (Phi) is 4.20. The normalized spacial score (nSPS) is 9.95. The topological polar surface area (TPSA) is 85.8 Å². The van der Waals surface area contributed by atoms with Crippen molar-refractivity contribution in [2.45, 2.75) is 5.16 Å². The highest BCUT2D eigenvalue weighted by atomic mass is 32.2. The molecule has 98 valence electrons. The highest BCUT2D eigenvalue weighted by molar-refractivity contribution is 7.99. The van der Waals surface area contributed by atoms with Gasteiger partial charge in [0.15, 0.2) is 0 Å². The van der Waals surface area contributed by atoms with Crippen LogP contribution in [0.5, 0.6) is 11.5 Å². The maximum absolute atomic E-state index is 8.62. The fourth-order valence-corrected chi connectivity index (χ4v) is 2.02. The van der Waals surface area contributed by atoms with Crippen LogP contribution in [0.25, 0.3) is 5.69 Å². The van der Waals surface area contributed by atoms with Crippen molar-refractivity contribution < 1.29 is 9.47 Å². The first kappa shape index (κ1) is 13.2. The smallest absolute Gasteiger partial charge is 0.215 e. The van der Waals surface area contributed by atoms with Gasteiger partial charge < -0.3 is 9.47 Å². The SMILES string of the molecule is COc1ccc(OC)c(-n2nnnc2SCC#N)c1. The standard InChI is InChI=1S/C11H11N5O2S/c1-17-8-3-4-10(18-2)9(7-8)16-11(13-14-15-16)19-6-5-12/h3-4,7H,6H2,1-2H3.